The van der Waals surface area contributed by atoms with Gasteiger partial charge in [0.25, 0.3) is 0 Å². The summed E-state index contributed by atoms with van der Waals surface area (Å²) in [4.78, 5) is 22.8. The van der Waals surface area contributed by atoms with Crippen LogP contribution in [0.25, 0.3) is 0 Å². The summed E-state index contributed by atoms with van der Waals surface area (Å²) in [6, 6.07) is 6.97. The molecule has 1 atom stereocenters. The number of ether oxygens (including phenoxy) is 1. The molecule has 0 spiro atoms. The number of hydrogen-bond donors (Lipinski definition) is 3. The van der Waals surface area contributed by atoms with Crippen LogP contribution in [0.2, 0.25) is 0 Å². The van der Waals surface area contributed by atoms with Gasteiger partial charge in [0.15, 0.2) is 0 Å². The summed E-state index contributed by atoms with van der Waals surface area (Å²) in [7, 11) is 1.58. The van der Waals surface area contributed by atoms with Crippen LogP contribution in [0.3, 0.4) is 0 Å². The Labute approximate surface area is 124 Å². The highest BCUT2D eigenvalue weighted by Gasteiger charge is 2.31. The van der Waals surface area contributed by atoms with Gasteiger partial charge in [0, 0.05) is 13.1 Å². The first-order chi connectivity index (χ1) is 9.91. The van der Waals surface area contributed by atoms with Crippen molar-refractivity contribution in [3.63, 3.8) is 0 Å². The maximum Gasteiger partial charge on any atom is 0.315 e. The van der Waals surface area contributed by atoms with Crippen LogP contribution >= 0.6 is 0 Å². The highest BCUT2D eigenvalue weighted by molar-refractivity contribution is 5.77. The normalized spacial score (nSPS) is 13.1. The van der Waals surface area contributed by atoms with Crippen molar-refractivity contribution in [2.75, 3.05) is 13.7 Å². The zero-order valence-electron chi connectivity index (χ0n) is 12.6. The molecule has 0 saturated carbocycles. The van der Waals surface area contributed by atoms with E-state index in [1.54, 1.807) is 21.0 Å². The summed E-state index contributed by atoms with van der Waals surface area (Å²) in [6.45, 7) is 3.82. The average Bonchev–Trinajstić information content (AvgIpc) is 2.50. The topological polar surface area (TPSA) is 87.7 Å². The van der Waals surface area contributed by atoms with Crippen LogP contribution in [-0.2, 0) is 11.3 Å². The van der Waals surface area contributed by atoms with Crippen LogP contribution in [0, 0.1) is 5.41 Å². The van der Waals surface area contributed by atoms with Crippen LogP contribution < -0.4 is 15.4 Å². The molecule has 3 N–H and O–H groups in total. The molecule has 0 heterocycles. The minimum absolute atomic E-state index is 0.0861. The van der Waals surface area contributed by atoms with E-state index in [0.717, 1.165) is 11.3 Å². The molecule has 6 nitrogen and oxygen atoms in total. The third-order valence-corrected chi connectivity index (χ3v) is 3.52. The summed E-state index contributed by atoms with van der Waals surface area (Å²) in [6.07, 6.45) is 0.443. The molecule has 0 aliphatic carbocycles. The summed E-state index contributed by atoms with van der Waals surface area (Å²) < 4.78 is 5.10. The molecule has 0 aliphatic heterocycles. The lowest BCUT2D eigenvalue weighted by Gasteiger charge is -2.23. The monoisotopic (exact) mass is 294 g/mol. The highest BCUT2D eigenvalue weighted by atomic mass is 16.5. The first-order valence-corrected chi connectivity index (χ1v) is 6.79. The molecule has 1 aromatic rings. The van der Waals surface area contributed by atoms with E-state index >= 15 is 0 Å². The van der Waals surface area contributed by atoms with Crippen molar-refractivity contribution >= 4 is 12.0 Å². The second-order valence-corrected chi connectivity index (χ2v) is 5.11. The first kappa shape index (κ1) is 16.8. The number of carboxylic acids is 1. The summed E-state index contributed by atoms with van der Waals surface area (Å²) in [5.74, 6) is -0.197. The molecule has 0 aromatic heterocycles. The van der Waals surface area contributed by atoms with Crippen LogP contribution in [0.5, 0.6) is 5.75 Å². The van der Waals surface area contributed by atoms with E-state index < -0.39 is 17.4 Å². The summed E-state index contributed by atoms with van der Waals surface area (Å²) in [5.41, 5.74) is -0.0474. The van der Waals surface area contributed by atoms with Crippen molar-refractivity contribution in [2.45, 2.75) is 26.8 Å². The molecule has 0 saturated heterocycles. The van der Waals surface area contributed by atoms with E-state index in [9.17, 15) is 9.59 Å². The number of aliphatic carboxylic acids is 1. The number of urea groups is 1. The van der Waals surface area contributed by atoms with Gasteiger partial charge in [-0.3, -0.25) is 4.79 Å². The summed E-state index contributed by atoms with van der Waals surface area (Å²) in [5, 5.41) is 14.4. The predicted molar refractivity (Wildman–Crippen MR) is 79.3 cm³/mol. The third-order valence-electron chi connectivity index (χ3n) is 3.52. The van der Waals surface area contributed by atoms with E-state index in [4.69, 9.17) is 9.84 Å². The molecule has 0 radical (unpaired) electrons. The van der Waals surface area contributed by atoms with Gasteiger partial charge in [-0.2, -0.15) is 0 Å². The Hall–Kier alpha value is -2.24. The second kappa shape index (κ2) is 7.52. The van der Waals surface area contributed by atoms with Gasteiger partial charge in [0.1, 0.15) is 5.75 Å². The Morgan fingerprint density at radius 1 is 1.33 bits per heavy atom. The van der Waals surface area contributed by atoms with Crippen molar-refractivity contribution in [3.05, 3.63) is 29.8 Å². The standard InChI is InChI=1S/C15H22N2O4/c1-4-15(2,13(18)19)10-17-14(20)16-9-11-6-5-7-12(8-11)21-3/h5-8H,4,9-10H2,1-3H3,(H,18,19)(H2,16,17,20). The molecule has 1 rings (SSSR count). The molecular formula is C15H22N2O4. The smallest absolute Gasteiger partial charge is 0.315 e. The van der Waals surface area contributed by atoms with Crippen molar-refractivity contribution in [3.8, 4) is 5.75 Å². The molecule has 0 aliphatic rings. The van der Waals surface area contributed by atoms with Crippen molar-refractivity contribution in [2.24, 2.45) is 5.41 Å². The fourth-order valence-electron chi connectivity index (χ4n) is 1.65. The average molecular weight is 294 g/mol. The molecule has 2 amide bonds. The second-order valence-electron chi connectivity index (χ2n) is 5.11. The molecule has 6 heteroatoms. The van der Waals surface area contributed by atoms with Crippen LogP contribution in [0.4, 0.5) is 4.79 Å². The number of hydrogen-bond acceptors (Lipinski definition) is 3. The van der Waals surface area contributed by atoms with E-state index in [0.29, 0.717) is 13.0 Å². The molecule has 0 bridgehead atoms. The van der Waals surface area contributed by atoms with Gasteiger partial charge in [-0.25, -0.2) is 4.79 Å². The zero-order chi connectivity index (χ0) is 15.9. The van der Waals surface area contributed by atoms with Gasteiger partial charge in [0.2, 0.25) is 0 Å². The predicted octanol–water partition coefficient (Wildman–Crippen LogP) is 2.00. The Morgan fingerprint density at radius 3 is 2.62 bits per heavy atom. The molecule has 1 unspecified atom stereocenters. The number of carbonyl (C=O) groups is 2. The van der Waals surface area contributed by atoms with E-state index in [1.165, 1.54) is 0 Å². The molecule has 116 valence electrons. The van der Waals surface area contributed by atoms with Gasteiger partial charge in [-0.1, -0.05) is 19.1 Å². The van der Waals surface area contributed by atoms with Crippen LogP contribution in [0.15, 0.2) is 24.3 Å². The maximum atomic E-state index is 11.7. The van der Waals surface area contributed by atoms with Gasteiger partial charge in [0.05, 0.1) is 12.5 Å². The van der Waals surface area contributed by atoms with Gasteiger partial charge < -0.3 is 20.5 Å². The van der Waals surface area contributed by atoms with Crippen molar-refractivity contribution < 1.29 is 19.4 Å². The third kappa shape index (κ3) is 4.98. The van der Waals surface area contributed by atoms with Crippen LogP contribution in [-0.4, -0.2) is 30.8 Å². The van der Waals surface area contributed by atoms with Gasteiger partial charge >= 0.3 is 12.0 Å². The van der Waals surface area contributed by atoms with Gasteiger partial charge in [-0.05, 0) is 31.0 Å². The lowest BCUT2D eigenvalue weighted by Crippen LogP contribution is -2.44. The largest absolute Gasteiger partial charge is 0.497 e. The first-order valence-electron chi connectivity index (χ1n) is 6.79. The number of rotatable bonds is 7. The van der Waals surface area contributed by atoms with E-state index in [2.05, 4.69) is 10.6 Å². The Balaban J connectivity index is 2.45. The SMILES string of the molecule is CCC(C)(CNC(=O)NCc1cccc(OC)c1)C(=O)O. The van der Waals surface area contributed by atoms with E-state index in [-0.39, 0.29) is 6.54 Å². The number of nitrogens with one attached hydrogen (secondary N) is 2. The highest BCUT2D eigenvalue weighted by Crippen LogP contribution is 2.19. The minimum Gasteiger partial charge on any atom is -0.497 e. The Kier molecular flexibility index (Phi) is 6.02. The maximum absolute atomic E-state index is 11.7. The zero-order valence-corrected chi connectivity index (χ0v) is 12.6. The minimum atomic E-state index is -0.951. The number of carboxylic acid groups (broad SMARTS) is 1. The number of benzene rings is 1. The van der Waals surface area contributed by atoms with Gasteiger partial charge in [-0.15, -0.1) is 0 Å². The molecule has 1 aromatic carbocycles. The number of carbonyl (C=O) groups excluding carboxylic acids is 1. The lowest BCUT2D eigenvalue weighted by atomic mass is 9.88. The molecule has 21 heavy (non-hydrogen) atoms. The fourth-order valence-corrected chi connectivity index (χ4v) is 1.65. The Bertz CT molecular complexity index is 504. The Morgan fingerprint density at radius 2 is 2.05 bits per heavy atom. The van der Waals surface area contributed by atoms with Crippen molar-refractivity contribution in [1.29, 1.82) is 0 Å². The van der Waals surface area contributed by atoms with Crippen LogP contribution in [0.1, 0.15) is 25.8 Å². The molecule has 0 fully saturated rings. The van der Waals surface area contributed by atoms with Crippen molar-refractivity contribution in [1.82, 2.24) is 10.6 Å². The lowest BCUT2D eigenvalue weighted by molar-refractivity contribution is -0.147. The molecular weight excluding hydrogens is 272 g/mol. The summed E-state index contributed by atoms with van der Waals surface area (Å²) >= 11 is 0. The number of methoxy groups -OCH3 is 1. The number of amides is 2. The fraction of sp³-hybridized carbons (Fsp3) is 0.467. The van der Waals surface area contributed by atoms with E-state index in [1.807, 2.05) is 24.3 Å². The quantitative estimate of drug-likeness (QED) is 0.717.